The van der Waals surface area contributed by atoms with E-state index < -0.39 is 0 Å². The number of halogens is 1. The number of rotatable bonds is 2. The Kier molecular flexibility index (Phi) is 3.11. The van der Waals surface area contributed by atoms with Gasteiger partial charge in [0.2, 0.25) is 0 Å². The van der Waals surface area contributed by atoms with Crippen LogP contribution in [0.3, 0.4) is 0 Å². The maximum atomic E-state index is 5.55. The first-order valence-electron chi connectivity index (χ1n) is 2.98. The minimum absolute atomic E-state index is 0.819. The van der Waals surface area contributed by atoms with Crippen LogP contribution in [0.15, 0.2) is 0 Å². The van der Waals surface area contributed by atoms with Gasteiger partial charge in [0.1, 0.15) is 0 Å². The SMILES string of the molecule is ClCPN1CCCC1. The molecule has 0 N–H and O–H groups in total. The highest BCUT2D eigenvalue weighted by Gasteiger charge is 2.08. The predicted octanol–water partition coefficient (Wildman–Crippen LogP) is 1.87. The average molecular weight is 152 g/mol. The van der Waals surface area contributed by atoms with Gasteiger partial charge in [0.25, 0.3) is 0 Å². The van der Waals surface area contributed by atoms with Gasteiger partial charge in [-0.3, -0.25) is 4.67 Å². The molecular weight excluding hydrogens is 140 g/mol. The smallest absolute Gasteiger partial charge is 0.0530 e. The molecule has 0 bridgehead atoms. The van der Waals surface area contributed by atoms with E-state index in [0.29, 0.717) is 0 Å². The molecule has 0 amide bonds. The van der Waals surface area contributed by atoms with Crippen molar-refractivity contribution in [2.24, 2.45) is 0 Å². The molecule has 1 atom stereocenters. The van der Waals surface area contributed by atoms with Crippen LogP contribution in [0.2, 0.25) is 0 Å². The first kappa shape index (κ1) is 6.80. The second kappa shape index (κ2) is 3.66. The number of alkyl halides is 1. The van der Waals surface area contributed by atoms with E-state index in [-0.39, 0.29) is 0 Å². The third kappa shape index (κ3) is 1.89. The lowest BCUT2D eigenvalue weighted by Gasteiger charge is -2.10. The van der Waals surface area contributed by atoms with E-state index in [1.807, 2.05) is 0 Å². The molecule has 0 aliphatic carbocycles. The Labute approximate surface area is 57.2 Å². The quantitative estimate of drug-likeness (QED) is 0.430. The molecular formula is C5H11ClNP. The highest BCUT2D eigenvalue weighted by atomic mass is 35.5. The molecule has 1 nitrogen and oxygen atoms in total. The number of hydrogen-bond acceptors (Lipinski definition) is 1. The van der Waals surface area contributed by atoms with E-state index in [4.69, 9.17) is 11.6 Å². The zero-order valence-corrected chi connectivity index (χ0v) is 6.62. The van der Waals surface area contributed by atoms with Crippen LogP contribution in [-0.2, 0) is 0 Å². The summed E-state index contributed by atoms with van der Waals surface area (Å²) in [5.41, 5.74) is 0.819. The molecule has 0 aromatic heterocycles. The molecule has 0 spiro atoms. The van der Waals surface area contributed by atoms with Crippen molar-refractivity contribution in [2.45, 2.75) is 12.8 Å². The van der Waals surface area contributed by atoms with E-state index in [9.17, 15) is 0 Å². The van der Waals surface area contributed by atoms with Gasteiger partial charge in [0.15, 0.2) is 0 Å². The van der Waals surface area contributed by atoms with E-state index in [0.717, 1.165) is 14.4 Å². The van der Waals surface area contributed by atoms with Crippen LogP contribution < -0.4 is 0 Å². The molecule has 0 radical (unpaired) electrons. The molecule has 1 aliphatic heterocycles. The van der Waals surface area contributed by atoms with Crippen molar-refractivity contribution in [1.82, 2.24) is 4.67 Å². The van der Waals surface area contributed by atoms with Gasteiger partial charge in [-0.15, -0.1) is 11.6 Å². The van der Waals surface area contributed by atoms with Crippen molar-refractivity contribution < 1.29 is 0 Å². The highest BCUT2D eigenvalue weighted by Crippen LogP contribution is 2.24. The minimum Gasteiger partial charge on any atom is -0.283 e. The van der Waals surface area contributed by atoms with Crippen molar-refractivity contribution in [1.29, 1.82) is 0 Å². The van der Waals surface area contributed by atoms with Gasteiger partial charge < -0.3 is 0 Å². The van der Waals surface area contributed by atoms with Gasteiger partial charge in [0.05, 0.1) is 5.62 Å². The fourth-order valence-electron chi connectivity index (χ4n) is 0.960. The second-order valence-electron chi connectivity index (χ2n) is 1.99. The van der Waals surface area contributed by atoms with Gasteiger partial charge in [-0.05, 0) is 21.6 Å². The Morgan fingerprint density at radius 1 is 1.38 bits per heavy atom. The first-order chi connectivity index (χ1) is 3.93. The van der Waals surface area contributed by atoms with E-state index in [2.05, 4.69) is 4.67 Å². The molecule has 48 valence electrons. The average Bonchev–Trinajstić information content (AvgIpc) is 2.19. The summed E-state index contributed by atoms with van der Waals surface area (Å²) in [6, 6.07) is 0. The lowest BCUT2D eigenvalue weighted by atomic mass is 10.4. The molecule has 1 unspecified atom stereocenters. The van der Waals surface area contributed by atoms with Crippen molar-refractivity contribution in [3.63, 3.8) is 0 Å². The van der Waals surface area contributed by atoms with Crippen LogP contribution in [0.25, 0.3) is 0 Å². The van der Waals surface area contributed by atoms with Gasteiger partial charge in [-0.2, -0.15) is 0 Å². The van der Waals surface area contributed by atoms with Gasteiger partial charge in [0, 0.05) is 13.1 Å². The first-order valence-corrected chi connectivity index (χ1v) is 4.67. The summed E-state index contributed by atoms with van der Waals surface area (Å²) in [5.74, 6) is 0. The Morgan fingerprint density at radius 2 is 2.00 bits per heavy atom. The molecule has 0 aromatic carbocycles. The fourth-order valence-corrected chi connectivity index (χ4v) is 2.27. The third-order valence-corrected chi connectivity index (χ3v) is 2.76. The van der Waals surface area contributed by atoms with Crippen LogP contribution in [0.4, 0.5) is 0 Å². The summed E-state index contributed by atoms with van der Waals surface area (Å²) in [5, 5.41) is 0. The maximum absolute atomic E-state index is 5.55. The summed E-state index contributed by atoms with van der Waals surface area (Å²) in [4.78, 5) is 0. The lowest BCUT2D eigenvalue weighted by molar-refractivity contribution is 0.578. The van der Waals surface area contributed by atoms with Gasteiger partial charge in [-0.1, -0.05) is 0 Å². The summed E-state index contributed by atoms with van der Waals surface area (Å²) in [6.07, 6.45) is 2.76. The standard InChI is InChI=1S/C5H11ClNP/c6-5-8-7-3-1-2-4-7/h8H,1-5H2. The number of nitrogens with zero attached hydrogens (tertiary/aromatic N) is 1. The van der Waals surface area contributed by atoms with E-state index >= 15 is 0 Å². The molecule has 1 rings (SSSR count). The second-order valence-corrected chi connectivity index (χ2v) is 4.00. The molecule has 8 heavy (non-hydrogen) atoms. The molecule has 1 saturated heterocycles. The zero-order valence-electron chi connectivity index (χ0n) is 4.86. The molecule has 3 heteroatoms. The Morgan fingerprint density at radius 3 is 2.50 bits per heavy atom. The maximum Gasteiger partial charge on any atom is 0.0530 e. The van der Waals surface area contributed by atoms with Crippen molar-refractivity contribution >= 4 is 20.3 Å². The Balaban J connectivity index is 2.06. The van der Waals surface area contributed by atoms with Crippen LogP contribution in [0.1, 0.15) is 12.8 Å². The summed E-state index contributed by atoms with van der Waals surface area (Å²) >= 11 is 5.55. The molecule has 0 aromatic rings. The topological polar surface area (TPSA) is 3.24 Å². The monoisotopic (exact) mass is 151 g/mol. The van der Waals surface area contributed by atoms with Crippen molar-refractivity contribution in [3.05, 3.63) is 0 Å². The van der Waals surface area contributed by atoms with Crippen LogP contribution >= 0.6 is 20.3 Å². The van der Waals surface area contributed by atoms with E-state index in [1.54, 1.807) is 0 Å². The fraction of sp³-hybridized carbons (Fsp3) is 1.00. The summed E-state index contributed by atoms with van der Waals surface area (Å²) in [7, 11) is 0.867. The number of hydrogen-bond donors (Lipinski definition) is 0. The Bertz CT molecular complexity index is 63.4. The van der Waals surface area contributed by atoms with Gasteiger partial charge >= 0.3 is 0 Å². The third-order valence-electron chi connectivity index (χ3n) is 1.39. The van der Waals surface area contributed by atoms with E-state index in [1.165, 1.54) is 25.9 Å². The summed E-state index contributed by atoms with van der Waals surface area (Å²) in [6.45, 7) is 2.57. The normalized spacial score (nSPS) is 23.6. The summed E-state index contributed by atoms with van der Waals surface area (Å²) < 4.78 is 2.44. The Hall–Kier alpha value is 0.680. The predicted molar refractivity (Wildman–Crippen MR) is 39.8 cm³/mol. The van der Waals surface area contributed by atoms with Crippen LogP contribution in [0.5, 0.6) is 0 Å². The lowest BCUT2D eigenvalue weighted by Crippen LogP contribution is -2.06. The molecule has 0 saturated carbocycles. The minimum atomic E-state index is 0.819. The molecule has 1 fully saturated rings. The zero-order chi connectivity index (χ0) is 5.82. The molecule has 1 heterocycles. The van der Waals surface area contributed by atoms with Gasteiger partial charge in [-0.25, -0.2) is 0 Å². The highest BCUT2D eigenvalue weighted by molar-refractivity contribution is 7.37. The van der Waals surface area contributed by atoms with Crippen LogP contribution in [-0.4, -0.2) is 23.4 Å². The van der Waals surface area contributed by atoms with Crippen molar-refractivity contribution in [3.8, 4) is 0 Å². The largest absolute Gasteiger partial charge is 0.283 e. The van der Waals surface area contributed by atoms with Crippen LogP contribution in [0, 0.1) is 0 Å². The molecule has 1 aliphatic rings. The van der Waals surface area contributed by atoms with Crippen molar-refractivity contribution in [2.75, 3.05) is 18.7 Å².